The smallest absolute Gasteiger partial charge is 0.251 e. The fraction of sp³-hybridized carbons (Fsp3) is 0.0500. The van der Waals surface area contributed by atoms with Gasteiger partial charge in [0.05, 0.1) is 18.4 Å². The molecule has 134 valence electrons. The van der Waals surface area contributed by atoms with Gasteiger partial charge in [-0.25, -0.2) is 0 Å². The van der Waals surface area contributed by atoms with Crippen LogP contribution in [0.1, 0.15) is 26.5 Å². The summed E-state index contributed by atoms with van der Waals surface area (Å²) in [4.78, 5) is 24.7. The molecule has 3 aromatic rings. The number of Topliss-reactive ketones (excluding diaryl/α,β-unsaturated/α-hetero) is 1. The molecular weight excluding hydrogens is 346 g/mol. The van der Waals surface area contributed by atoms with Gasteiger partial charge in [-0.1, -0.05) is 12.1 Å². The van der Waals surface area contributed by atoms with Crippen LogP contribution in [0.4, 0.5) is 5.69 Å². The maximum Gasteiger partial charge on any atom is 0.251 e. The molecule has 0 aliphatic heterocycles. The highest BCUT2D eigenvalue weighted by Crippen LogP contribution is 2.26. The van der Waals surface area contributed by atoms with Crippen LogP contribution in [0.25, 0.3) is 11.1 Å². The minimum absolute atomic E-state index is 0.0241. The summed E-state index contributed by atoms with van der Waals surface area (Å²) in [6, 6.07) is 14.3. The van der Waals surface area contributed by atoms with E-state index in [4.69, 9.17) is 15.4 Å². The highest BCUT2D eigenvalue weighted by molar-refractivity contribution is 6.04. The van der Waals surface area contributed by atoms with E-state index >= 15 is 0 Å². The summed E-state index contributed by atoms with van der Waals surface area (Å²) < 4.78 is 5.29. The van der Waals surface area contributed by atoms with Gasteiger partial charge in [-0.05, 0) is 42.0 Å². The molecule has 27 heavy (non-hydrogen) atoms. The molecule has 0 atom stereocenters. The molecule has 0 saturated heterocycles. The van der Waals surface area contributed by atoms with Gasteiger partial charge in [-0.2, -0.15) is 5.26 Å². The highest BCUT2D eigenvalue weighted by Gasteiger charge is 2.18. The van der Waals surface area contributed by atoms with Crippen molar-refractivity contribution in [3.8, 4) is 22.9 Å². The van der Waals surface area contributed by atoms with Crippen molar-refractivity contribution in [2.45, 2.75) is 0 Å². The Kier molecular flexibility index (Phi) is 4.90. The van der Waals surface area contributed by atoms with E-state index in [1.807, 2.05) is 0 Å². The Labute approximate surface area is 154 Å². The molecule has 0 bridgehead atoms. The topological polar surface area (TPSA) is 129 Å². The van der Waals surface area contributed by atoms with Crippen LogP contribution in [-0.2, 0) is 0 Å². The summed E-state index contributed by atoms with van der Waals surface area (Å²) in [6.07, 6.45) is 1.40. The zero-order valence-electron chi connectivity index (χ0n) is 14.1. The molecule has 1 aromatic heterocycles. The fourth-order valence-corrected chi connectivity index (χ4v) is 2.57. The Morgan fingerprint density at radius 2 is 2.00 bits per heavy atom. The third-order valence-corrected chi connectivity index (χ3v) is 3.90. The Morgan fingerprint density at radius 3 is 2.74 bits per heavy atom. The number of amides is 1. The van der Waals surface area contributed by atoms with Crippen LogP contribution >= 0.6 is 0 Å². The first kappa shape index (κ1) is 17.8. The molecular formula is C20H15N3O4. The molecule has 4 N–H and O–H groups in total. The third kappa shape index (κ3) is 3.80. The largest absolute Gasteiger partial charge is 0.507 e. The third-order valence-electron chi connectivity index (χ3n) is 3.90. The quantitative estimate of drug-likeness (QED) is 0.473. The van der Waals surface area contributed by atoms with Gasteiger partial charge in [0, 0.05) is 16.8 Å². The van der Waals surface area contributed by atoms with Crippen LogP contribution in [0.15, 0.2) is 59.2 Å². The summed E-state index contributed by atoms with van der Waals surface area (Å²) in [5.74, 6) is -1.06. The SMILES string of the molecule is N#Cc1cc(C(=O)NCC(=O)c2occc2-c2cccc(N)c2)ccc1O. The van der Waals surface area contributed by atoms with Crippen LogP contribution in [0.3, 0.4) is 0 Å². The first-order chi connectivity index (χ1) is 13.0. The van der Waals surface area contributed by atoms with Gasteiger partial charge >= 0.3 is 0 Å². The number of furan rings is 1. The number of aromatic hydroxyl groups is 1. The average Bonchev–Trinajstić information content (AvgIpc) is 3.16. The maximum absolute atomic E-state index is 12.5. The van der Waals surface area contributed by atoms with E-state index in [1.54, 1.807) is 36.4 Å². The number of anilines is 1. The van der Waals surface area contributed by atoms with E-state index in [-0.39, 0.29) is 29.2 Å². The second-order valence-corrected chi connectivity index (χ2v) is 5.74. The summed E-state index contributed by atoms with van der Waals surface area (Å²) >= 11 is 0. The number of nitrogen functional groups attached to an aromatic ring is 1. The summed E-state index contributed by atoms with van der Waals surface area (Å²) in [7, 11) is 0. The Hall–Kier alpha value is -4.05. The number of phenols is 1. The van der Waals surface area contributed by atoms with Crippen LogP contribution in [0, 0.1) is 11.3 Å². The lowest BCUT2D eigenvalue weighted by molar-refractivity contribution is 0.0893. The van der Waals surface area contributed by atoms with Crippen LogP contribution < -0.4 is 11.1 Å². The van der Waals surface area contributed by atoms with Crippen LogP contribution in [-0.4, -0.2) is 23.3 Å². The number of hydrogen-bond acceptors (Lipinski definition) is 6. The predicted molar refractivity (Wildman–Crippen MR) is 98.0 cm³/mol. The van der Waals surface area contributed by atoms with Gasteiger partial charge in [-0.15, -0.1) is 0 Å². The molecule has 7 heteroatoms. The number of nitriles is 1. The van der Waals surface area contributed by atoms with E-state index < -0.39 is 11.7 Å². The first-order valence-electron chi connectivity index (χ1n) is 7.97. The van der Waals surface area contributed by atoms with E-state index in [1.165, 1.54) is 24.5 Å². The second-order valence-electron chi connectivity index (χ2n) is 5.74. The number of hydrogen-bond donors (Lipinski definition) is 3. The number of nitrogens with two attached hydrogens (primary N) is 1. The van der Waals surface area contributed by atoms with E-state index in [2.05, 4.69) is 5.32 Å². The number of ketones is 1. The molecule has 0 saturated carbocycles. The Morgan fingerprint density at radius 1 is 1.19 bits per heavy atom. The Balaban J connectivity index is 1.73. The molecule has 2 aromatic carbocycles. The van der Waals surface area contributed by atoms with Gasteiger partial charge in [0.1, 0.15) is 11.8 Å². The van der Waals surface area contributed by atoms with Gasteiger partial charge in [-0.3, -0.25) is 9.59 Å². The van der Waals surface area contributed by atoms with Crippen molar-refractivity contribution in [3.05, 3.63) is 71.7 Å². The molecule has 3 rings (SSSR count). The van der Waals surface area contributed by atoms with Gasteiger partial charge in [0.25, 0.3) is 5.91 Å². The standard InChI is InChI=1S/C20H15N3O4/c21-10-14-8-13(4-5-17(14)24)20(26)23-11-18(25)19-16(6-7-27-19)12-2-1-3-15(22)9-12/h1-9,24H,11,22H2,(H,23,26). The molecule has 0 radical (unpaired) electrons. The van der Waals surface area contributed by atoms with Crippen molar-refractivity contribution < 1.29 is 19.1 Å². The van der Waals surface area contributed by atoms with E-state index in [0.717, 1.165) is 5.56 Å². The Bertz CT molecular complexity index is 1060. The highest BCUT2D eigenvalue weighted by atomic mass is 16.3. The number of nitrogens with zero attached hydrogens (tertiary/aromatic N) is 1. The lowest BCUT2D eigenvalue weighted by Gasteiger charge is -2.06. The zero-order chi connectivity index (χ0) is 19.4. The van der Waals surface area contributed by atoms with Crippen LogP contribution in [0.2, 0.25) is 0 Å². The monoisotopic (exact) mass is 361 g/mol. The molecule has 0 spiro atoms. The van der Waals surface area contributed by atoms with Crippen molar-refractivity contribution in [1.29, 1.82) is 5.26 Å². The lowest BCUT2D eigenvalue weighted by atomic mass is 10.0. The van der Waals surface area contributed by atoms with Gasteiger partial charge in [0.15, 0.2) is 5.76 Å². The van der Waals surface area contributed by atoms with Crippen molar-refractivity contribution >= 4 is 17.4 Å². The molecule has 1 amide bonds. The number of rotatable bonds is 5. The van der Waals surface area contributed by atoms with Gasteiger partial charge in [0.2, 0.25) is 5.78 Å². The van der Waals surface area contributed by atoms with Crippen molar-refractivity contribution in [2.75, 3.05) is 12.3 Å². The molecule has 1 heterocycles. The van der Waals surface area contributed by atoms with E-state index in [0.29, 0.717) is 11.3 Å². The average molecular weight is 361 g/mol. The number of nitrogens with one attached hydrogen (secondary N) is 1. The fourth-order valence-electron chi connectivity index (χ4n) is 2.57. The normalized spacial score (nSPS) is 10.2. The van der Waals surface area contributed by atoms with Crippen molar-refractivity contribution in [2.24, 2.45) is 0 Å². The summed E-state index contributed by atoms with van der Waals surface area (Å²) in [6.45, 7) is -0.287. The molecule has 0 unspecified atom stereocenters. The van der Waals surface area contributed by atoms with Crippen LogP contribution in [0.5, 0.6) is 5.75 Å². The molecule has 7 nitrogen and oxygen atoms in total. The minimum Gasteiger partial charge on any atom is -0.507 e. The van der Waals surface area contributed by atoms with Crippen molar-refractivity contribution in [1.82, 2.24) is 5.32 Å². The second kappa shape index (κ2) is 7.45. The maximum atomic E-state index is 12.5. The number of phenolic OH excluding ortho intramolecular Hbond substituents is 1. The van der Waals surface area contributed by atoms with Gasteiger partial charge < -0.3 is 20.6 Å². The van der Waals surface area contributed by atoms with E-state index in [9.17, 15) is 14.7 Å². The molecule has 0 aliphatic rings. The molecule has 0 fully saturated rings. The minimum atomic E-state index is -0.545. The zero-order valence-corrected chi connectivity index (χ0v) is 14.1. The molecule has 0 aliphatic carbocycles. The lowest BCUT2D eigenvalue weighted by Crippen LogP contribution is -2.29. The predicted octanol–water partition coefficient (Wildman–Crippen LogP) is 2.72. The number of benzene rings is 2. The first-order valence-corrected chi connectivity index (χ1v) is 7.97. The number of carbonyl (C=O) groups excluding carboxylic acids is 2. The number of carbonyl (C=O) groups is 2. The summed E-state index contributed by atoms with van der Waals surface area (Å²) in [5, 5.41) is 20.9. The van der Waals surface area contributed by atoms with Crippen molar-refractivity contribution in [3.63, 3.8) is 0 Å². The summed E-state index contributed by atoms with van der Waals surface area (Å²) in [5.41, 5.74) is 7.78.